The number of nitrogens with one attached hydrogen (secondary N) is 2. The third-order valence-electron chi connectivity index (χ3n) is 16.0. The highest BCUT2D eigenvalue weighted by molar-refractivity contribution is 5.90. The van der Waals surface area contributed by atoms with Crippen molar-refractivity contribution in [2.24, 2.45) is 17.0 Å². The molecule has 1 unspecified atom stereocenters. The van der Waals surface area contributed by atoms with Crippen LogP contribution in [0.4, 0.5) is 14.4 Å². The Balaban J connectivity index is 0.961. The molecule has 3 aromatic rings. The minimum atomic E-state index is -1.98. The van der Waals surface area contributed by atoms with E-state index in [1.807, 2.05) is 36.4 Å². The van der Waals surface area contributed by atoms with Gasteiger partial charge in [0.15, 0.2) is 30.3 Å². The fraction of sp³-hybridized carbons (Fsp3) is 0.621. The average molecular weight is 1180 g/mol. The van der Waals surface area contributed by atoms with Gasteiger partial charge in [-0.1, -0.05) is 103 Å². The zero-order chi connectivity index (χ0) is 59.9. The first-order valence-corrected chi connectivity index (χ1v) is 28.4. The second kappa shape index (κ2) is 27.5. The van der Waals surface area contributed by atoms with E-state index < -0.39 is 164 Å². The predicted octanol–water partition coefficient (Wildman–Crippen LogP) is 3.56. The molecule has 26 nitrogen and oxygen atoms in total. The second-order valence-corrected chi connectivity index (χ2v) is 23.4. The Morgan fingerprint density at radius 1 is 0.726 bits per heavy atom. The first-order chi connectivity index (χ1) is 40.2. The van der Waals surface area contributed by atoms with E-state index in [0.717, 1.165) is 5.56 Å². The highest BCUT2D eigenvalue weighted by atomic mass is 16.8. The maximum Gasteiger partial charge on any atom is 0.410 e. The van der Waals surface area contributed by atoms with Gasteiger partial charge in [0.05, 0.1) is 68.9 Å². The van der Waals surface area contributed by atoms with E-state index >= 15 is 0 Å². The van der Waals surface area contributed by atoms with E-state index in [1.54, 1.807) is 82.3 Å². The molecule has 1 saturated carbocycles. The summed E-state index contributed by atoms with van der Waals surface area (Å²) in [5, 5.41) is 79.4. The van der Waals surface area contributed by atoms with Crippen LogP contribution in [0, 0.1) is 11.8 Å². The molecule has 5 aliphatic heterocycles. The van der Waals surface area contributed by atoms with Crippen molar-refractivity contribution in [2.45, 2.75) is 188 Å². The summed E-state index contributed by atoms with van der Waals surface area (Å²) in [7, 11) is 0. The maximum atomic E-state index is 14.0. The normalized spacial score (nSPS) is 34.6. The zero-order valence-electron chi connectivity index (χ0n) is 47.1. The molecule has 5 saturated heterocycles. The lowest BCUT2D eigenvalue weighted by Gasteiger charge is -2.49. The molecule has 3 aromatic carbocycles. The lowest BCUT2D eigenvalue weighted by molar-refractivity contribution is -0.311. The quantitative estimate of drug-likeness (QED) is 0.0368. The van der Waals surface area contributed by atoms with Crippen LogP contribution in [0.25, 0.3) is 10.4 Å². The molecule has 84 heavy (non-hydrogen) atoms. The second-order valence-electron chi connectivity index (χ2n) is 23.4. The van der Waals surface area contributed by atoms with Gasteiger partial charge in [0.1, 0.15) is 61.5 Å². The summed E-state index contributed by atoms with van der Waals surface area (Å²) < 4.78 is 61.5. The van der Waals surface area contributed by atoms with Crippen molar-refractivity contribution >= 4 is 24.1 Å². The van der Waals surface area contributed by atoms with E-state index in [0.29, 0.717) is 24.0 Å². The minimum absolute atomic E-state index is 0.0541. The van der Waals surface area contributed by atoms with Crippen LogP contribution in [0.15, 0.2) is 96.1 Å². The van der Waals surface area contributed by atoms with Crippen LogP contribution in [-0.4, -0.2) is 195 Å². The van der Waals surface area contributed by atoms with Gasteiger partial charge >= 0.3 is 18.3 Å². The third-order valence-corrected chi connectivity index (χ3v) is 16.0. The molecule has 1 aliphatic carbocycles. The first-order valence-electron chi connectivity index (χ1n) is 28.4. The van der Waals surface area contributed by atoms with Crippen LogP contribution in [0.1, 0.15) is 82.6 Å². The Bertz CT molecular complexity index is 2720. The lowest BCUT2D eigenvalue weighted by Crippen LogP contribution is -2.68. The van der Waals surface area contributed by atoms with E-state index in [1.165, 1.54) is 4.90 Å². The molecule has 8 N–H and O–H groups in total. The first kappa shape index (κ1) is 62.5. The fourth-order valence-corrected chi connectivity index (χ4v) is 11.7. The van der Waals surface area contributed by atoms with E-state index in [-0.39, 0.29) is 45.7 Å². The Kier molecular flexibility index (Phi) is 20.5. The molecule has 6 aliphatic rings. The molecule has 0 bridgehead atoms. The molecular formula is C58H76N6O20. The lowest BCUT2D eigenvalue weighted by atomic mass is 9.72. The minimum Gasteiger partial charge on any atom is -0.445 e. The molecule has 5 heterocycles. The van der Waals surface area contributed by atoms with Gasteiger partial charge in [-0.15, -0.1) is 0 Å². The largest absolute Gasteiger partial charge is 0.445 e. The van der Waals surface area contributed by atoms with Gasteiger partial charge in [-0.05, 0) is 74.1 Å². The van der Waals surface area contributed by atoms with Gasteiger partial charge in [-0.25, -0.2) is 14.4 Å². The summed E-state index contributed by atoms with van der Waals surface area (Å²) in [5.74, 6) is -2.34. The molecule has 3 amide bonds. The van der Waals surface area contributed by atoms with Crippen LogP contribution >= 0.6 is 0 Å². The number of azide groups is 1. The molecule has 9 rings (SSSR count). The number of β-amino-alcohol motifs (C(OH)–C–C–N with tert-alkyl or cyclic N) is 1. The van der Waals surface area contributed by atoms with E-state index in [4.69, 9.17) is 47.4 Å². The topological polar surface area (TPSA) is 358 Å². The number of ketones is 1. The number of rotatable bonds is 19. The number of benzene rings is 3. The summed E-state index contributed by atoms with van der Waals surface area (Å²) in [5.41, 5.74) is 8.61. The van der Waals surface area contributed by atoms with Crippen LogP contribution in [0.3, 0.4) is 0 Å². The van der Waals surface area contributed by atoms with Gasteiger partial charge < -0.3 is 93.5 Å². The summed E-state index contributed by atoms with van der Waals surface area (Å²) in [6.07, 6.45) is -22.3. The van der Waals surface area contributed by atoms with Crippen molar-refractivity contribution in [1.29, 1.82) is 0 Å². The van der Waals surface area contributed by atoms with E-state index in [2.05, 4.69) is 20.7 Å². The highest BCUT2D eigenvalue weighted by Gasteiger charge is 2.57. The van der Waals surface area contributed by atoms with Crippen molar-refractivity contribution in [1.82, 2.24) is 15.5 Å². The SMILES string of the molecule is C[C@H]1C[C@@H](CC(=O)C2(O)CN(C(=O)OC(C)(C)C)C2)[C@H](O)[C@@H](O[C@@H]2O[C@H](CO)[C@@H](O[C@H]3O[C@H]4CCC(c5ccccc5)O[C@H]4[C@H](O)[C@H]3NC(=O)OCc3ccccc3)[C@H]2O)[C@@H]1O[C@H]1O[C@H](CN=[N+]=[N-])[C@@H](O)C[C@H]1NC(=O)OCc1ccccc1. The number of fused-ring (bicyclic) bond motifs is 1. The number of aliphatic hydroxyl groups is 6. The Morgan fingerprint density at radius 3 is 1.94 bits per heavy atom. The number of carbonyl (C=O) groups is 4. The molecule has 6 fully saturated rings. The van der Waals surface area contributed by atoms with Crippen molar-refractivity contribution < 1.29 is 97.2 Å². The number of alkyl carbamates (subject to hydrolysis) is 2. The van der Waals surface area contributed by atoms with Crippen LogP contribution in [0.2, 0.25) is 0 Å². The standard InChI is InChI=1S/C58H76N6O20/c1-31-22-35(23-42(67)58(74)29-64(30-58)56(73)84-57(2,3)4)44(68)50(47(31)81-51-36(24-37(66)40(79-51)25-60-63-59)61-54(71)75-27-32-14-8-5-9-15-32)83-53-46(70)49(41(26-65)80-53)82-52-43(62-55(72)76-28-33-16-10-6-11-17-33)45(69)48-39(78-52)21-20-38(77-48)34-18-12-7-13-19-34/h5-19,31,35-41,43-53,65-66,68-70,74H,20-30H2,1-4H3,(H,61,71)(H,62,72)/t31-,35-,36+,37-,38?,39-,40+,41+,43+,44-,45+,46+,47+,48+,49+,50+,51+,52+,53-/m0/s1. The number of ether oxygens (including phenoxy) is 10. The Labute approximate surface area is 485 Å². The summed E-state index contributed by atoms with van der Waals surface area (Å²) in [6, 6.07) is 24.6. The summed E-state index contributed by atoms with van der Waals surface area (Å²) in [6.45, 7) is 4.69. The molecule has 0 radical (unpaired) electrons. The molecule has 458 valence electrons. The van der Waals surface area contributed by atoms with Crippen LogP contribution in [0.5, 0.6) is 0 Å². The van der Waals surface area contributed by atoms with Gasteiger partial charge in [0.2, 0.25) is 0 Å². The van der Waals surface area contributed by atoms with Gasteiger partial charge in [-0.3, -0.25) is 4.79 Å². The van der Waals surface area contributed by atoms with Gasteiger partial charge in [-0.2, -0.15) is 0 Å². The number of hydrogen-bond acceptors (Lipinski definition) is 21. The van der Waals surface area contributed by atoms with Crippen LogP contribution in [-0.2, 0) is 65.4 Å². The number of nitrogens with zero attached hydrogens (tertiary/aromatic N) is 4. The summed E-state index contributed by atoms with van der Waals surface area (Å²) in [4.78, 5) is 57.8. The third kappa shape index (κ3) is 15.1. The van der Waals surface area contributed by atoms with Crippen molar-refractivity contribution in [3.8, 4) is 0 Å². The van der Waals surface area contributed by atoms with Crippen molar-refractivity contribution in [3.63, 3.8) is 0 Å². The molecule has 0 spiro atoms. The smallest absolute Gasteiger partial charge is 0.410 e. The number of likely N-dealkylation sites (tertiary alicyclic amines) is 1. The van der Waals surface area contributed by atoms with Gasteiger partial charge in [0, 0.05) is 17.8 Å². The molecule has 19 atom stereocenters. The number of hydrogen-bond donors (Lipinski definition) is 8. The Hall–Kier alpha value is -6.07. The van der Waals surface area contributed by atoms with Crippen LogP contribution < -0.4 is 10.6 Å². The predicted molar refractivity (Wildman–Crippen MR) is 290 cm³/mol. The monoisotopic (exact) mass is 1180 g/mol. The van der Waals surface area contributed by atoms with Crippen molar-refractivity contribution in [3.05, 3.63) is 118 Å². The van der Waals surface area contributed by atoms with Gasteiger partial charge in [0.25, 0.3) is 0 Å². The number of Topliss-reactive ketones (excluding diaryl/α,β-unsaturated/α-hetero) is 1. The van der Waals surface area contributed by atoms with Crippen molar-refractivity contribution in [2.75, 3.05) is 26.2 Å². The zero-order valence-corrected chi connectivity index (χ0v) is 47.1. The van der Waals surface area contributed by atoms with E-state index in [9.17, 15) is 55.3 Å². The fourth-order valence-electron chi connectivity index (χ4n) is 11.7. The number of carbonyl (C=O) groups excluding carboxylic acids is 4. The maximum absolute atomic E-state index is 14.0. The number of aliphatic hydroxyl groups excluding tert-OH is 5. The number of amides is 3. The highest BCUT2D eigenvalue weighted by Crippen LogP contribution is 2.43. The molecule has 0 aromatic heterocycles. The average Bonchev–Trinajstić information content (AvgIpc) is 2.00. The Morgan fingerprint density at radius 2 is 1.32 bits per heavy atom. The molecule has 26 heteroatoms. The molecular weight excluding hydrogens is 1100 g/mol. The summed E-state index contributed by atoms with van der Waals surface area (Å²) >= 11 is 0.